The van der Waals surface area contributed by atoms with E-state index < -0.39 is 24.0 Å². The summed E-state index contributed by atoms with van der Waals surface area (Å²) < 4.78 is 5.45. The van der Waals surface area contributed by atoms with Gasteiger partial charge in [0.25, 0.3) is 0 Å². The molecule has 3 fully saturated rings. The van der Waals surface area contributed by atoms with E-state index in [1.807, 2.05) is 18.2 Å². The molecule has 60 heavy (non-hydrogen) atoms. The van der Waals surface area contributed by atoms with Crippen LogP contribution in [-0.2, 0) is 22.4 Å². The van der Waals surface area contributed by atoms with Gasteiger partial charge in [-0.1, -0.05) is 56.1 Å². The average Bonchev–Trinajstić information content (AvgIpc) is 3.29. The van der Waals surface area contributed by atoms with Crippen LogP contribution in [0.15, 0.2) is 47.5 Å². The number of hydrogen-bond acceptors (Lipinski definition) is 9. The summed E-state index contributed by atoms with van der Waals surface area (Å²) >= 11 is 0. The Hall–Kier alpha value is -4.63. The molecule has 322 valence electrons. The zero-order valence-electron chi connectivity index (χ0n) is 35.1. The molecule has 1 saturated heterocycles. The number of ether oxygens (including phenoxy) is 1. The number of unbranched alkanes of at least 4 members (excludes halogenated alkanes) is 1. The second kappa shape index (κ2) is 19.4. The fourth-order valence-electron chi connectivity index (χ4n) is 10.9. The van der Waals surface area contributed by atoms with Gasteiger partial charge in [-0.25, -0.2) is 0 Å². The van der Waals surface area contributed by atoms with Crippen molar-refractivity contribution in [2.75, 3.05) is 13.7 Å². The van der Waals surface area contributed by atoms with Gasteiger partial charge in [0.05, 0.1) is 19.3 Å². The molecule has 3 aromatic rings. The fourth-order valence-corrected chi connectivity index (χ4v) is 10.9. The number of methoxy groups -OCH3 is 1. The Morgan fingerprint density at radius 3 is 2.57 bits per heavy atom. The molecule has 0 radical (unpaired) electrons. The minimum atomic E-state index is -0.906. The zero-order valence-corrected chi connectivity index (χ0v) is 35.1. The van der Waals surface area contributed by atoms with Crippen molar-refractivity contribution in [3.63, 3.8) is 0 Å². The van der Waals surface area contributed by atoms with E-state index in [9.17, 15) is 30.0 Å². The number of guanidine groups is 1. The van der Waals surface area contributed by atoms with Gasteiger partial charge in [0.1, 0.15) is 17.5 Å². The maximum atomic E-state index is 13.8. The number of benzene rings is 3. The van der Waals surface area contributed by atoms with E-state index >= 15 is 0 Å². The van der Waals surface area contributed by atoms with Crippen molar-refractivity contribution < 1.29 is 34.8 Å². The lowest BCUT2D eigenvalue weighted by molar-refractivity contribution is -0.124. The summed E-state index contributed by atoms with van der Waals surface area (Å²) in [4.78, 5) is 30.3. The van der Waals surface area contributed by atoms with Gasteiger partial charge in [-0.2, -0.15) is 0 Å². The number of nitrogens with zero attached hydrogens (tertiary/aromatic N) is 1. The number of fused-ring (bicyclic) bond motifs is 3. The van der Waals surface area contributed by atoms with Crippen molar-refractivity contribution in [3.05, 3.63) is 64.7 Å². The van der Waals surface area contributed by atoms with E-state index in [2.05, 4.69) is 22.2 Å². The molecule has 7 rings (SSSR count). The van der Waals surface area contributed by atoms with Crippen molar-refractivity contribution in [2.45, 2.75) is 145 Å². The summed E-state index contributed by atoms with van der Waals surface area (Å²) in [5, 5.41) is 50.2. The third-order valence-corrected chi connectivity index (χ3v) is 14.1. The first-order valence-electron chi connectivity index (χ1n) is 22.3. The second-order valence-corrected chi connectivity index (χ2v) is 18.0. The van der Waals surface area contributed by atoms with Gasteiger partial charge in [-0.05, 0) is 139 Å². The largest absolute Gasteiger partial charge is 0.508 e. The molecule has 7 atom stereocenters. The number of piperidine rings is 1. The number of carbonyl (C=O) groups is 2. The Morgan fingerprint density at radius 1 is 0.967 bits per heavy atom. The van der Waals surface area contributed by atoms with Crippen molar-refractivity contribution in [1.29, 1.82) is 0 Å². The van der Waals surface area contributed by atoms with Gasteiger partial charge in [-0.3, -0.25) is 14.6 Å². The fraction of sp³-hybridized carbons (Fsp3) is 0.571. The van der Waals surface area contributed by atoms with E-state index in [1.54, 1.807) is 24.3 Å². The van der Waals surface area contributed by atoms with Crippen molar-refractivity contribution in [2.24, 2.45) is 34.2 Å². The molecule has 1 aliphatic heterocycles. The molecule has 9 N–H and O–H groups in total. The Labute approximate surface area is 354 Å². The van der Waals surface area contributed by atoms with Crippen LogP contribution < -0.4 is 21.5 Å². The first kappa shape index (κ1) is 43.5. The molecule has 11 heteroatoms. The highest BCUT2D eigenvalue weighted by Gasteiger charge is 2.48. The predicted octanol–water partition coefficient (Wildman–Crippen LogP) is 6.78. The average molecular weight is 821 g/mol. The topological polar surface area (TPSA) is 201 Å². The van der Waals surface area contributed by atoms with E-state index in [-0.39, 0.29) is 35.2 Å². The molecule has 3 aliphatic carbocycles. The number of hydrogen-bond donors (Lipinski definition) is 7. The first-order chi connectivity index (χ1) is 28.9. The van der Waals surface area contributed by atoms with Crippen LogP contribution in [0.2, 0.25) is 0 Å². The van der Waals surface area contributed by atoms with Crippen LogP contribution in [0.25, 0.3) is 10.8 Å². The van der Waals surface area contributed by atoms with Gasteiger partial charge < -0.3 is 41.9 Å². The summed E-state index contributed by atoms with van der Waals surface area (Å²) in [5.41, 5.74) is 14.5. The number of aliphatic hydroxyl groups is 2. The van der Waals surface area contributed by atoms with Crippen LogP contribution in [0.5, 0.6) is 17.2 Å². The number of carbonyl (C=O) groups excluding carboxylic acids is 2. The van der Waals surface area contributed by atoms with E-state index in [1.165, 1.54) is 45.6 Å². The first-order valence-corrected chi connectivity index (χ1v) is 22.3. The number of aromatic hydroxyl groups is 2. The Bertz CT molecular complexity index is 2110. The van der Waals surface area contributed by atoms with Crippen LogP contribution in [0.3, 0.4) is 0 Å². The number of ketones is 2. The number of aliphatic hydroxyl groups excluding tert-OH is 2. The molecule has 1 spiro atoms. The molecular formula is C49H64N4O7. The van der Waals surface area contributed by atoms with Gasteiger partial charge in [0.15, 0.2) is 23.2 Å². The molecule has 3 aromatic carbocycles. The molecule has 0 aromatic heterocycles. The minimum Gasteiger partial charge on any atom is -0.508 e. The SMILES string of the molecule is COc1cc2c(cc1O)C(CCC(O)c1cc(CCN=C(N)N)c3cc(O)ccc3c1)C#CC(C(O)CCCCC1CC3CCC(=O)CC3NC13CCCCC3)C(=O)CC2. The predicted molar refractivity (Wildman–Crippen MR) is 234 cm³/mol. The lowest BCUT2D eigenvalue weighted by atomic mass is 9.62. The van der Waals surface area contributed by atoms with Crippen LogP contribution in [0.4, 0.5) is 0 Å². The summed E-state index contributed by atoms with van der Waals surface area (Å²) in [6.07, 6.45) is 13.0. The van der Waals surface area contributed by atoms with E-state index in [0.717, 1.165) is 53.1 Å². The number of phenols is 2. The summed E-state index contributed by atoms with van der Waals surface area (Å²) in [7, 11) is 1.49. The van der Waals surface area contributed by atoms with Gasteiger partial charge in [0, 0.05) is 43.3 Å². The molecular weight excluding hydrogens is 757 g/mol. The molecule has 4 aliphatic rings. The Balaban J connectivity index is 1.06. The van der Waals surface area contributed by atoms with Crippen molar-refractivity contribution in [1.82, 2.24) is 5.32 Å². The molecule has 1 heterocycles. The Kier molecular flexibility index (Phi) is 14.0. The maximum absolute atomic E-state index is 13.8. The maximum Gasteiger partial charge on any atom is 0.185 e. The van der Waals surface area contributed by atoms with E-state index in [4.69, 9.17) is 16.2 Å². The molecule has 2 saturated carbocycles. The van der Waals surface area contributed by atoms with E-state index in [0.29, 0.717) is 86.5 Å². The highest BCUT2D eigenvalue weighted by molar-refractivity contribution is 5.88. The smallest absolute Gasteiger partial charge is 0.185 e. The minimum absolute atomic E-state index is 0.00668. The quantitative estimate of drug-likeness (QED) is 0.0394. The number of phenolic OH excluding ortho intramolecular Hbond substituents is 2. The lowest BCUT2D eigenvalue weighted by Gasteiger charge is -2.54. The summed E-state index contributed by atoms with van der Waals surface area (Å²) in [6.45, 7) is 0.351. The zero-order chi connectivity index (χ0) is 42.4. The third-order valence-electron chi connectivity index (χ3n) is 14.1. The lowest BCUT2D eigenvalue weighted by Crippen LogP contribution is -2.63. The van der Waals surface area contributed by atoms with Crippen molar-refractivity contribution >= 4 is 28.3 Å². The molecule has 0 bridgehead atoms. The number of Topliss-reactive ketones (excluding diaryl/α,β-unsaturated/α-hetero) is 2. The molecule has 7 unspecified atom stereocenters. The summed E-state index contributed by atoms with van der Waals surface area (Å²) in [5.74, 6) is 7.13. The third kappa shape index (κ3) is 10.1. The van der Waals surface area contributed by atoms with Crippen LogP contribution in [0.1, 0.15) is 137 Å². The van der Waals surface area contributed by atoms with Gasteiger partial charge in [0.2, 0.25) is 0 Å². The second-order valence-electron chi connectivity index (χ2n) is 18.0. The van der Waals surface area contributed by atoms with Gasteiger partial charge in [-0.15, -0.1) is 0 Å². The van der Waals surface area contributed by atoms with Crippen LogP contribution >= 0.6 is 0 Å². The number of nitrogens with one attached hydrogen (secondary N) is 1. The monoisotopic (exact) mass is 820 g/mol. The number of aliphatic imine (C=N–C) groups is 1. The van der Waals surface area contributed by atoms with Gasteiger partial charge >= 0.3 is 0 Å². The Morgan fingerprint density at radius 2 is 1.78 bits per heavy atom. The molecule has 0 amide bonds. The molecule has 11 nitrogen and oxygen atoms in total. The number of aryl methyl sites for hydroxylation is 1. The van der Waals surface area contributed by atoms with Crippen LogP contribution in [-0.4, -0.2) is 69.3 Å². The van der Waals surface area contributed by atoms with Crippen molar-refractivity contribution in [3.8, 4) is 29.1 Å². The summed E-state index contributed by atoms with van der Waals surface area (Å²) in [6, 6.07) is 12.7. The highest BCUT2D eigenvalue weighted by Crippen LogP contribution is 2.47. The normalized spacial score (nSPS) is 24.8. The number of nitrogens with two attached hydrogens (primary N) is 2. The highest BCUT2D eigenvalue weighted by atomic mass is 16.5. The van der Waals surface area contributed by atoms with Crippen LogP contribution in [0, 0.1) is 29.6 Å². The number of rotatable bonds is 14. The standard InChI is InChI=1S/C49H64N4O7/c1-60-47-26-32-13-18-45(58)39(44(57)8-4-3-7-36-25-34-10-15-38(55)28-42(34)53-49(36)20-5-2-6-21-49)16-11-30(41(32)29-46(47)59)12-17-43(56)35-23-31-9-14-37(54)27-40(31)33(24-35)19-22-52-48(50)51/h9,14,23-24,26-27,29-30,34,36,39,42-44,53-54,56-57,59H,2-8,10,12-13,15,17-22,25,28H2,1H3,(H4,50,51,52).